The van der Waals surface area contributed by atoms with Crippen LogP contribution in [0.15, 0.2) is 41.4 Å². The Balaban J connectivity index is 2.19. The number of ether oxygens (including phenoxy) is 3. The number of benzene rings is 2. The molecule has 0 unspecified atom stereocenters. The Hall–Kier alpha value is -2.71. The molecule has 8 heteroatoms. The highest BCUT2D eigenvalue weighted by Crippen LogP contribution is 2.29. The summed E-state index contributed by atoms with van der Waals surface area (Å²) >= 11 is 1.24. The van der Waals surface area contributed by atoms with Gasteiger partial charge in [0.2, 0.25) is 0 Å². The second kappa shape index (κ2) is 8.32. The minimum Gasteiger partial charge on any atom is -0.496 e. The van der Waals surface area contributed by atoms with Crippen LogP contribution >= 0.6 is 11.3 Å². The Morgan fingerprint density at radius 3 is 2.41 bits per heavy atom. The second-order valence-corrected chi connectivity index (χ2v) is 6.58. The Labute approximate surface area is 159 Å². The Bertz CT molecular complexity index is 1020. The molecular weight excluding hydrogens is 371 g/mol. The van der Waals surface area contributed by atoms with Gasteiger partial charge < -0.3 is 18.8 Å². The molecule has 2 aromatic carbocycles. The molecule has 0 aliphatic rings. The van der Waals surface area contributed by atoms with Gasteiger partial charge in [-0.3, -0.25) is 4.79 Å². The zero-order chi connectivity index (χ0) is 19.4. The summed E-state index contributed by atoms with van der Waals surface area (Å²) in [4.78, 5) is 17.5. The number of halogens is 1. The van der Waals surface area contributed by atoms with Crippen molar-refractivity contribution in [3.05, 3.63) is 52.6 Å². The van der Waals surface area contributed by atoms with E-state index in [4.69, 9.17) is 14.2 Å². The zero-order valence-electron chi connectivity index (χ0n) is 15.2. The minimum atomic E-state index is -0.526. The van der Waals surface area contributed by atoms with E-state index in [1.807, 2.05) is 0 Å². The van der Waals surface area contributed by atoms with Gasteiger partial charge in [0.05, 0.1) is 31.0 Å². The topological polar surface area (TPSA) is 62.1 Å². The lowest BCUT2D eigenvalue weighted by Gasteiger charge is -2.10. The van der Waals surface area contributed by atoms with Crippen LogP contribution in [-0.2, 0) is 11.3 Å². The smallest absolute Gasteiger partial charge is 0.287 e. The number of para-hydroxylation sites is 1. The molecular formula is C19H19FN2O4S. The van der Waals surface area contributed by atoms with Crippen molar-refractivity contribution in [1.82, 2.24) is 4.57 Å². The van der Waals surface area contributed by atoms with Crippen LogP contribution in [0.5, 0.6) is 11.5 Å². The molecule has 0 aliphatic heterocycles. The van der Waals surface area contributed by atoms with Gasteiger partial charge in [-0.2, -0.15) is 4.99 Å². The molecule has 3 rings (SSSR count). The van der Waals surface area contributed by atoms with Crippen LogP contribution in [0.1, 0.15) is 10.4 Å². The molecule has 0 radical (unpaired) electrons. The first-order chi connectivity index (χ1) is 13.1. The molecule has 0 spiro atoms. The van der Waals surface area contributed by atoms with Gasteiger partial charge in [-0.05, 0) is 24.3 Å². The Kier molecular flexibility index (Phi) is 5.88. The maximum Gasteiger partial charge on any atom is 0.287 e. The van der Waals surface area contributed by atoms with Crippen molar-refractivity contribution in [3.63, 3.8) is 0 Å². The highest BCUT2D eigenvalue weighted by molar-refractivity contribution is 7.16. The van der Waals surface area contributed by atoms with Gasteiger partial charge >= 0.3 is 0 Å². The van der Waals surface area contributed by atoms with Crippen LogP contribution in [0.3, 0.4) is 0 Å². The van der Waals surface area contributed by atoms with Gasteiger partial charge in [-0.1, -0.05) is 23.5 Å². The molecule has 0 atom stereocenters. The van der Waals surface area contributed by atoms with E-state index in [2.05, 4.69) is 4.99 Å². The molecule has 27 heavy (non-hydrogen) atoms. The van der Waals surface area contributed by atoms with Crippen LogP contribution < -0.4 is 14.3 Å². The summed E-state index contributed by atoms with van der Waals surface area (Å²) in [5.41, 5.74) is 0.622. The number of nitrogens with zero attached hydrogens (tertiary/aromatic N) is 2. The van der Waals surface area contributed by atoms with Crippen molar-refractivity contribution in [3.8, 4) is 11.5 Å². The van der Waals surface area contributed by atoms with Crippen molar-refractivity contribution < 1.29 is 23.4 Å². The number of hydrogen-bond donors (Lipinski definition) is 0. The molecule has 0 saturated heterocycles. The van der Waals surface area contributed by atoms with E-state index in [1.54, 1.807) is 42.0 Å². The summed E-state index contributed by atoms with van der Waals surface area (Å²) < 4.78 is 32.4. The quantitative estimate of drug-likeness (QED) is 0.648. The molecule has 1 heterocycles. The fraction of sp³-hybridized carbons (Fsp3) is 0.263. The van der Waals surface area contributed by atoms with E-state index >= 15 is 0 Å². The van der Waals surface area contributed by atoms with Crippen LogP contribution in [0.2, 0.25) is 0 Å². The van der Waals surface area contributed by atoms with Gasteiger partial charge in [0.15, 0.2) is 4.80 Å². The van der Waals surface area contributed by atoms with E-state index < -0.39 is 5.91 Å². The summed E-state index contributed by atoms with van der Waals surface area (Å²) in [6.45, 7) is 0.728. The highest BCUT2D eigenvalue weighted by Gasteiger charge is 2.19. The lowest BCUT2D eigenvalue weighted by Crippen LogP contribution is -2.20. The summed E-state index contributed by atoms with van der Waals surface area (Å²) in [7, 11) is 4.51. The maximum absolute atomic E-state index is 14.4. The van der Waals surface area contributed by atoms with Crippen molar-refractivity contribution in [2.75, 3.05) is 27.9 Å². The SMILES string of the molecule is COCCn1c(=NC(=O)c2c(OC)cccc2OC)sc2cccc(F)c21. The lowest BCUT2D eigenvalue weighted by atomic mass is 10.1. The molecule has 0 bridgehead atoms. The van der Waals surface area contributed by atoms with E-state index in [9.17, 15) is 9.18 Å². The number of hydrogen-bond acceptors (Lipinski definition) is 5. The first kappa shape index (κ1) is 19.1. The second-order valence-electron chi connectivity index (χ2n) is 5.57. The minimum absolute atomic E-state index is 0.221. The number of thiazole rings is 1. The molecule has 0 saturated carbocycles. The number of fused-ring (bicyclic) bond motifs is 1. The van der Waals surface area contributed by atoms with Crippen molar-refractivity contribution in [2.24, 2.45) is 4.99 Å². The van der Waals surface area contributed by atoms with E-state index in [0.717, 1.165) is 0 Å². The van der Waals surface area contributed by atoms with Gasteiger partial charge in [-0.15, -0.1) is 0 Å². The summed E-state index contributed by atoms with van der Waals surface area (Å²) in [5.74, 6) is -0.177. The molecule has 0 N–H and O–H groups in total. The number of methoxy groups -OCH3 is 3. The average molecular weight is 390 g/mol. The van der Waals surface area contributed by atoms with E-state index in [-0.39, 0.29) is 11.4 Å². The Morgan fingerprint density at radius 2 is 1.78 bits per heavy atom. The molecule has 1 amide bonds. The lowest BCUT2D eigenvalue weighted by molar-refractivity contribution is 0.0991. The van der Waals surface area contributed by atoms with Gasteiger partial charge in [0.25, 0.3) is 5.91 Å². The van der Waals surface area contributed by atoms with Crippen LogP contribution in [-0.4, -0.2) is 38.4 Å². The first-order valence-corrected chi connectivity index (χ1v) is 8.99. The predicted octanol–water partition coefficient (Wildman–Crippen LogP) is 3.25. The van der Waals surface area contributed by atoms with Crippen LogP contribution in [0, 0.1) is 5.82 Å². The van der Waals surface area contributed by atoms with Crippen molar-refractivity contribution in [2.45, 2.75) is 6.54 Å². The van der Waals surface area contributed by atoms with E-state index in [0.29, 0.717) is 39.7 Å². The molecule has 0 fully saturated rings. The van der Waals surface area contributed by atoms with Crippen LogP contribution in [0.4, 0.5) is 4.39 Å². The van der Waals surface area contributed by atoms with Gasteiger partial charge in [-0.25, -0.2) is 4.39 Å². The standard InChI is InChI=1S/C19H19FN2O4S/c1-24-11-10-22-17-12(20)6-4-9-15(17)27-19(22)21-18(23)16-13(25-2)7-5-8-14(16)26-3/h4-9H,10-11H2,1-3H3. The third-order valence-electron chi connectivity index (χ3n) is 4.01. The fourth-order valence-corrected chi connectivity index (χ4v) is 3.84. The Morgan fingerprint density at radius 1 is 1.11 bits per heavy atom. The van der Waals surface area contributed by atoms with Crippen molar-refractivity contribution >= 4 is 27.5 Å². The average Bonchev–Trinajstić information content (AvgIpc) is 3.03. The third-order valence-corrected chi connectivity index (χ3v) is 5.05. The summed E-state index contributed by atoms with van der Waals surface area (Å²) in [5, 5.41) is 0. The predicted molar refractivity (Wildman–Crippen MR) is 101 cm³/mol. The van der Waals surface area contributed by atoms with Crippen LogP contribution in [0.25, 0.3) is 10.2 Å². The van der Waals surface area contributed by atoms with Gasteiger partial charge in [0, 0.05) is 13.7 Å². The highest BCUT2D eigenvalue weighted by atomic mass is 32.1. The normalized spacial score (nSPS) is 11.8. The maximum atomic E-state index is 14.4. The number of carbonyl (C=O) groups excluding carboxylic acids is 1. The number of aromatic nitrogens is 1. The molecule has 142 valence electrons. The molecule has 0 aliphatic carbocycles. The largest absolute Gasteiger partial charge is 0.496 e. The monoisotopic (exact) mass is 390 g/mol. The summed E-state index contributed by atoms with van der Waals surface area (Å²) in [6, 6.07) is 9.85. The van der Waals surface area contributed by atoms with E-state index in [1.165, 1.54) is 31.6 Å². The number of carbonyl (C=O) groups is 1. The number of rotatable bonds is 6. The zero-order valence-corrected chi connectivity index (χ0v) is 16.0. The fourth-order valence-electron chi connectivity index (χ4n) is 2.77. The molecule has 6 nitrogen and oxygen atoms in total. The third kappa shape index (κ3) is 3.72. The molecule has 3 aromatic rings. The molecule has 1 aromatic heterocycles. The van der Waals surface area contributed by atoms with Gasteiger partial charge in [0.1, 0.15) is 22.9 Å². The van der Waals surface area contributed by atoms with Crippen molar-refractivity contribution in [1.29, 1.82) is 0 Å². The summed E-state index contributed by atoms with van der Waals surface area (Å²) in [6.07, 6.45) is 0. The first-order valence-electron chi connectivity index (χ1n) is 8.17. The number of amides is 1.